The Morgan fingerprint density at radius 1 is 1.50 bits per heavy atom. The summed E-state index contributed by atoms with van der Waals surface area (Å²) in [7, 11) is 0. The second kappa shape index (κ2) is 5.70. The summed E-state index contributed by atoms with van der Waals surface area (Å²) in [6.45, 7) is 3.41. The van der Waals surface area contributed by atoms with Crippen LogP contribution in [0.5, 0.6) is 0 Å². The van der Waals surface area contributed by atoms with E-state index in [0.717, 1.165) is 43.1 Å². The molecule has 0 atom stereocenters. The zero-order chi connectivity index (χ0) is 13.9. The first-order chi connectivity index (χ1) is 9.74. The monoisotopic (exact) mass is 291 g/mol. The fraction of sp³-hybridized carbons (Fsp3) is 0.538. The quantitative estimate of drug-likeness (QED) is 0.899. The third kappa shape index (κ3) is 2.72. The molecule has 1 aliphatic heterocycles. The third-order valence-corrected chi connectivity index (χ3v) is 4.55. The molecular weight excluding hydrogens is 274 g/mol. The highest BCUT2D eigenvalue weighted by molar-refractivity contribution is 7.09. The van der Waals surface area contributed by atoms with Crippen molar-refractivity contribution in [2.24, 2.45) is 0 Å². The highest BCUT2D eigenvalue weighted by Crippen LogP contribution is 2.15. The molecular formula is C13H17N5OS. The van der Waals surface area contributed by atoms with Gasteiger partial charge in [-0.2, -0.15) is 0 Å². The summed E-state index contributed by atoms with van der Waals surface area (Å²) >= 11 is 1.61. The summed E-state index contributed by atoms with van der Waals surface area (Å²) in [6.07, 6.45) is 3.35. The molecule has 0 spiro atoms. The Balaban J connectivity index is 1.48. The lowest BCUT2D eigenvalue weighted by Gasteiger charge is -2.05. The molecule has 0 fully saturated rings. The van der Waals surface area contributed by atoms with Crippen LogP contribution in [0.25, 0.3) is 0 Å². The number of carbonyl (C=O) groups is 1. The Morgan fingerprint density at radius 2 is 2.40 bits per heavy atom. The van der Waals surface area contributed by atoms with Gasteiger partial charge in [0.1, 0.15) is 5.82 Å². The molecule has 6 nitrogen and oxygen atoms in total. The molecule has 3 rings (SSSR count). The minimum absolute atomic E-state index is 0.0492. The van der Waals surface area contributed by atoms with E-state index in [9.17, 15) is 4.79 Å². The van der Waals surface area contributed by atoms with Crippen molar-refractivity contribution >= 4 is 17.2 Å². The Morgan fingerprint density at radius 3 is 3.20 bits per heavy atom. The highest BCUT2D eigenvalue weighted by atomic mass is 32.1. The predicted octanol–water partition coefficient (Wildman–Crippen LogP) is 1.24. The highest BCUT2D eigenvalue weighted by Gasteiger charge is 2.17. The van der Waals surface area contributed by atoms with Gasteiger partial charge < -0.3 is 9.88 Å². The zero-order valence-electron chi connectivity index (χ0n) is 11.4. The molecule has 0 saturated carbocycles. The molecule has 7 heteroatoms. The number of rotatable bonds is 5. The molecule has 2 aromatic heterocycles. The van der Waals surface area contributed by atoms with E-state index in [0.29, 0.717) is 13.0 Å². The molecule has 3 heterocycles. The number of thiazole rings is 1. The van der Waals surface area contributed by atoms with E-state index in [2.05, 4.69) is 25.1 Å². The smallest absolute Gasteiger partial charge is 0.220 e. The molecule has 0 radical (unpaired) electrons. The van der Waals surface area contributed by atoms with Gasteiger partial charge in [0, 0.05) is 24.3 Å². The maximum absolute atomic E-state index is 11.9. The van der Waals surface area contributed by atoms with E-state index in [1.807, 2.05) is 12.4 Å². The SMILES string of the molecule is Cc1ncsc1CCC(=O)NCc1nnc2n1CCC2. The van der Waals surface area contributed by atoms with Gasteiger partial charge in [-0.05, 0) is 19.8 Å². The van der Waals surface area contributed by atoms with Crippen LogP contribution in [0.2, 0.25) is 0 Å². The maximum Gasteiger partial charge on any atom is 0.220 e. The van der Waals surface area contributed by atoms with Gasteiger partial charge in [-0.15, -0.1) is 21.5 Å². The molecule has 0 aromatic carbocycles. The largest absolute Gasteiger partial charge is 0.349 e. The van der Waals surface area contributed by atoms with Gasteiger partial charge in [-0.3, -0.25) is 4.79 Å². The number of aryl methyl sites for hydroxylation is 3. The van der Waals surface area contributed by atoms with Crippen molar-refractivity contribution in [1.82, 2.24) is 25.1 Å². The number of hydrogen-bond donors (Lipinski definition) is 1. The van der Waals surface area contributed by atoms with Crippen molar-refractivity contribution in [2.45, 2.75) is 45.7 Å². The lowest BCUT2D eigenvalue weighted by molar-refractivity contribution is -0.121. The van der Waals surface area contributed by atoms with E-state index in [1.165, 1.54) is 4.88 Å². The van der Waals surface area contributed by atoms with E-state index >= 15 is 0 Å². The molecule has 0 saturated heterocycles. The fourth-order valence-electron chi connectivity index (χ4n) is 2.40. The summed E-state index contributed by atoms with van der Waals surface area (Å²) in [5.41, 5.74) is 2.85. The Labute approximate surface area is 121 Å². The van der Waals surface area contributed by atoms with Crippen LogP contribution in [-0.4, -0.2) is 25.7 Å². The molecule has 0 aliphatic carbocycles. The summed E-state index contributed by atoms with van der Waals surface area (Å²) in [4.78, 5) is 17.2. The van der Waals surface area contributed by atoms with Crippen LogP contribution >= 0.6 is 11.3 Å². The van der Waals surface area contributed by atoms with E-state index in [4.69, 9.17) is 0 Å². The van der Waals surface area contributed by atoms with Crippen molar-refractivity contribution in [3.8, 4) is 0 Å². The second-order valence-electron chi connectivity index (χ2n) is 4.93. The molecule has 1 aliphatic rings. The van der Waals surface area contributed by atoms with E-state index < -0.39 is 0 Å². The number of carbonyl (C=O) groups excluding carboxylic acids is 1. The number of aromatic nitrogens is 4. The van der Waals surface area contributed by atoms with Crippen LogP contribution in [0.1, 0.15) is 35.1 Å². The van der Waals surface area contributed by atoms with Gasteiger partial charge >= 0.3 is 0 Å². The number of nitrogens with one attached hydrogen (secondary N) is 1. The molecule has 0 unspecified atom stereocenters. The van der Waals surface area contributed by atoms with Gasteiger partial charge in [0.2, 0.25) is 5.91 Å². The average molecular weight is 291 g/mol. The van der Waals surface area contributed by atoms with Crippen LogP contribution in [0.3, 0.4) is 0 Å². The maximum atomic E-state index is 11.9. The normalized spacial score (nSPS) is 13.4. The fourth-order valence-corrected chi connectivity index (χ4v) is 3.18. The molecule has 2 aromatic rings. The predicted molar refractivity (Wildman–Crippen MR) is 75.4 cm³/mol. The van der Waals surface area contributed by atoms with Crippen LogP contribution in [0.15, 0.2) is 5.51 Å². The van der Waals surface area contributed by atoms with Gasteiger partial charge in [-0.25, -0.2) is 4.98 Å². The molecule has 106 valence electrons. The van der Waals surface area contributed by atoms with Crippen molar-refractivity contribution < 1.29 is 4.79 Å². The minimum Gasteiger partial charge on any atom is -0.349 e. The average Bonchev–Trinajstić information content (AvgIpc) is 3.11. The van der Waals surface area contributed by atoms with Gasteiger partial charge in [-0.1, -0.05) is 0 Å². The van der Waals surface area contributed by atoms with Crippen molar-refractivity contribution in [3.05, 3.63) is 27.7 Å². The van der Waals surface area contributed by atoms with Gasteiger partial charge in [0.05, 0.1) is 17.7 Å². The summed E-state index contributed by atoms with van der Waals surface area (Å²) < 4.78 is 2.10. The van der Waals surface area contributed by atoms with Crippen molar-refractivity contribution in [1.29, 1.82) is 0 Å². The van der Waals surface area contributed by atoms with Crippen molar-refractivity contribution in [2.75, 3.05) is 0 Å². The summed E-state index contributed by atoms with van der Waals surface area (Å²) in [5, 5.41) is 11.2. The van der Waals surface area contributed by atoms with Crippen LogP contribution in [-0.2, 0) is 30.7 Å². The number of hydrogen-bond acceptors (Lipinski definition) is 5. The van der Waals surface area contributed by atoms with Gasteiger partial charge in [0.25, 0.3) is 0 Å². The lowest BCUT2D eigenvalue weighted by atomic mass is 10.2. The minimum atomic E-state index is 0.0492. The first kappa shape index (κ1) is 13.2. The number of fused-ring (bicyclic) bond motifs is 1. The van der Waals surface area contributed by atoms with Crippen molar-refractivity contribution in [3.63, 3.8) is 0 Å². The topological polar surface area (TPSA) is 72.7 Å². The number of nitrogens with zero attached hydrogens (tertiary/aromatic N) is 4. The van der Waals surface area contributed by atoms with E-state index in [1.54, 1.807) is 11.3 Å². The lowest BCUT2D eigenvalue weighted by Crippen LogP contribution is -2.24. The first-order valence-electron chi connectivity index (χ1n) is 6.80. The second-order valence-corrected chi connectivity index (χ2v) is 5.86. The molecule has 0 bridgehead atoms. The Hall–Kier alpha value is -1.76. The zero-order valence-corrected chi connectivity index (χ0v) is 12.2. The molecule has 20 heavy (non-hydrogen) atoms. The Kier molecular flexibility index (Phi) is 3.77. The standard InChI is InChI=1S/C13H17N5OS/c1-9-10(20-8-15-9)4-5-13(19)14-7-12-17-16-11-3-2-6-18(11)12/h8H,2-7H2,1H3,(H,14,19). The van der Waals surface area contributed by atoms with E-state index in [-0.39, 0.29) is 5.91 Å². The summed E-state index contributed by atoms with van der Waals surface area (Å²) in [5.74, 6) is 1.95. The Bertz CT molecular complexity index is 618. The molecule has 1 amide bonds. The first-order valence-corrected chi connectivity index (χ1v) is 7.68. The summed E-state index contributed by atoms with van der Waals surface area (Å²) in [6, 6.07) is 0. The van der Waals surface area contributed by atoms with Crippen LogP contribution in [0, 0.1) is 6.92 Å². The number of amides is 1. The van der Waals surface area contributed by atoms with Crippen LogP contribution < -0.4 is 5.32 Å². The molecule has 1 N–H and O–H groups in total. The van der Waals surface area contributed by atoms with Gasteiger partial charge in [0.15, 0.2) is 5.82 Å². The third-order valence-electron chi connectivity index (χ3n) is 3.55. The van der Waals surface area contributed by atoms with Crippen LogP contribution in [0.4, 0.5) is 0 Å².